The monoisotopic (exact) mass is 1010 g/mol. The molecule has 378 valence electrons. The Kier molecular flexibility index (Phi) is 10.6. The second-order valence-electron chi connectivity index (χ2n) is 22.8. The Balaban J connectivity index is 0.000000205. The minimum Gasteiger partial charge on any atom is -0.455 e. The standard InChI is InChI=1S/C55H39NO.C21H19N/c1-54(2)45-27-15-12-24-40(45)42-31-30-38(33-48(42)54)56(37-22-10-5-11-23-37)39-32-44-41-25-13-16-28-46(41)55(49(44)34-39)47-29-17-14-26-43(47)50-51(55)53(36-20-8-4-9-21-36)57-52(50)35-18-6-3-7-19-35;1-21(2)19-11-7-6-10-17(19)18-13-12-16(14-20(18)21)22-15-8-4-3-5-9-15/h3-34,49H,1-2H3;3-14,22H,1-2H3. The number of allylic oxidation sites excluding steroid dienone is 3. The third-order valence-corrected chi connectivity index (χ3v) is 17.8. The van der Waals surface area contributed by atoms with Gasteiger partial charge in [0.25, 0.3) is 0 Å². The lowest BCUT2D eigenvalue weighted by atomic mass is 9.67. The van der Waals surface area contributed by atoms with Gasteiger partial charge in [-0.3, -0.25) is 0 Å². The van der Waals surface area contributed by atoms with E-state index in [9.17, 15) is 0 Å². The lowest BCUT2D eigenvalue weighted by Crippen LogP contribution is -2.31. The van der Waals surface area contributed by atoms with E-state index in [-0.39, 0.29) is 16.7 Å². The lowest BCUT2D eigenvalue weighted by Gasteiger charge is -2.34. The fourth-order valence-electron chi connectivity index (χ4n) is 14.3. The van der Waals surface area contributed by atoms with Crippen LogP contribution in [-0.4, -0.2) is 0 Å². The average Bonchev–Trinajstić information content (AvgIpc) is 3.88. The van der Waals surface area contributed by atoms with E-state index in [0.29, 0.717) is 0 Å². The Hall–Kier alpha value is -9.44. The number of fused-ring (bicyclic) bond motifs is 16. The van der Waals surface area contributed by atoms with Crippen molar-refractivity contribution in [3.05, 3.63) is 317 Å². The van der Waals surface area contributed by atoms with Gasteiger partial charge in [-0.15, -0.1) is 0 Å². The van der Waals surface area contributed by atoms with Crippen LogP contribution in [0.4, 0.5) is 22.7 Å². The van der Waals surface area contributed by atoms with Crippen molar-refractivity contribution in [1.82, 2.24) is 0 Å². The van der Waals surface area contributed by atoms with Crippen molar-refractivity contribution in [1.29, 1.82) is 0 Å². The molecular formula is C76H58N2O. The number of hydrogen-bond acceptors (Lipinski definition) is 3. The van der Waals surface area contributed by atoms with Gasteiger partial charge in [-0.2, -0.15) is 0 Å². The molecule has 0 amide bonds. The van der Waals surface area contributed by atoms with Crippen LogP contribution in [0.15, 0.2) is 277 Å². The van der Waals surface area contributed by atoms with Gasteiger partial charge in [0.15, 0.2) is 0 Å². The highest BCUT2D eigenvalue weighted by Crippen LogP contribution is 2.69. The molecule has 11 aromatic rings. The molecule has 0 aliphatic heterocycles. The molecule has 0 radical (unpaired) electrons. The topological polar surface area (TPSA) is 28.4 Å². The molecule has 3 heteroatoms. The van der Waals surface area contributed by atoms with E-state index in [2.05, 4.69) is 299 Å². The van der Waals surface area contributed by atoms with Crippen LogP contribution in [0.3, 0.4) is 0 Å². The van der Waals surface area contributed by atoms with Crippen LogP contribution < -0.4 is 10.2 Å². The minimum absolute atomic E-state index is 0.0253. The van der Waals surface area contributed by atoms with E-state index in [1.165, 1.54) is 94.8 Å². The molecule has 5 aliphatic rings. The number of hydrogen-bond donors (Lipinski definition) is 1. The molecule has 3 nitrogen and oxygen atoms in total. The van der Waals surface area contributed by atoms with Gasteiger partial charge < -0.3 is 14.6 Å². The lowest BCUT2D eigenvalue weighted by molar-refractivity contribution is 0.547. The summed E-state index contributed by atoms with van der Waals surface area (Å²) in [5.74, 6) is 1.90. The first-order valence-corrected chi connectivity index (χ1v) is 27.8. The number of anilines is 4. The van der Waals surface area contributed by atoms with Gasteiger partial charge >= 0.3 is 0 Å². The van der Waals surface area contributed by atoms with Gasteiger partial charge in [0, 0.05) is 67.4 Å². The van der Waals surface area contributed by atoms with E-state index >= 15 is 0 Å². The zero-order valence-electron chi connectivity index (χ0n) is 44.8. The molecular weight excluding hydrogens is 957 g/mol. The molecule has 2 unspecified atom stereocenters. The van der Waals surface area contributed by atoms with Gasteiger partial charge in [-0.05, 0) is 127 Å². The van der Waals surface area contributed by atoms with Crippen molar-refractivity contribution in [2.75, 3.05) is 10.2 Å². The van der Waals surface area contributed by atoms with Crippen molar-refractivity contribution in [2.45, 2.75) is 43.9 Å². The van der Waals surface area contributed by atoms with Crippen LogP contribution in [0.25, 0.3) is 61.6 Å². The Morgan fingerprint density at radius 3 is 1.47 bits per heavy atom. The normalized spacial score (nSPS) is 17.4. The number of nitrogens with zero attached hydrogens (tertiary/aromatic N) is 1. The van der Waals surface area contributed by atoms with E-state index in [1.54, 1.807) is 0 Å². The minimum atomic E-state index is -0.512. The second kappa shape index (κ2) is 17.8. The van der Waals surface area contributed by atoms with Crippen molar-refractivity contribution in [3.8, 4) is 56.0 Å². The highest BCUT2D eigenvalue weighted by Gasteiger charge is 2.60. The molecule has 10 aromatic carbocycles. The maximum absolute atomic E-state index is 7.22. The summed E-state index contributed by atoms with van der Waals surface area (Å²) in [5.41, 5.74) is 27.4. The Morgan fingerprint density at radius 2 is 0.848 bits per heavy atom. The van der Waals surface area contributed by atoms with Gasteiger partial charge in [0.2, 0.25) is 0 Å². The molecule has 2 atom stereocenters. The predicted octanol–water partition coefficient (Wildman–Crippen LogP) is 19.7. The number of rotatable bonds is 7. The summed E-state index contributed by atoms with van der Waals surface area (Å²) >= 11 is 0. The quantitative estimate of drug-likeness (QED) is 0.172. The summed E-state index contributed by atoms with van der Waals surface area (Å²) in [6.45, 7) is 9.35. The van der Waals surface area contributed by atoms with Crippen molar-refractivity contribution >= 4 is 28.3 Å². The number of benzene rings is 10. The molecule has 0 saturated carbocycles. The highest BCUT2D eigenvalue weighted by molar-refractivity contribution is 6.02. The molecule has 1 aromatic heterocycles. The zero-order chi connectivity index (χ0) is 53.0. The maximum atomic E-state index is 7.22. The van der Waals surface area contributed by atoms with E-state index in [0.717, 1.165) is 39.7 Å². The van der Waals surface area contributed by atoms with E-state index in [4.69, 9.17) is 4.42 Å². The summed E-state index contributed by atoms with van der Waals surface area (Å²) in [7, 11) is 0. The smallest absolute Gasteiger partial charge is 0.142 e. The Bertz CT molecular complexity index is 4280. The van der Waals surface area contributed by atoms with Crippen molar-refractivity contribution in [2.24, 2.45) is 5.92 Å². The predicted molar refractivity (Wildman–Crippen MR) is 327 cm³/mol. The molecule has 1 N–H and O–H groups in total. The third kappa shape index (κ3) is 6.98. The van der Waals surface area contributed by atoms with Crippen LogP contribution in [0.2, 0.25) is 0 Å². The molecule has 1 heterocycles. The van der Waals surface area contributed by atoms with Crippen LogP contribution in [0.5, 0.6) is 0 Å². The Morgan fingerprint density at radius 1 is 0.380 bits per heavy atom. The Labute approximate surface area is 463 Å². The number of furan rings is 1. The summed E-state index contributed by atoms with van der Waals surface area (Å²) in [6, 6.07) is 92.2. The van der Waals surface area contributed by atoms with E-state index < -0.39 is 5.41 Å². The SMILES string of the molecule is CC1(C)c2ccccc2-c2ccc(N(C3=CC4C(=C3)c3ccccc3C43c4ccccc4-c4c(-c5ccccc5)oc(-c5ccccc5)c43)c3ccccc3)cc21.CC1(C)c2ccccc2-c2ccc(Nc3ccccc3)cc21. The molecule has 5 aliphatic carbocycles. The summed E-state index contributed by atoms with van der Waals surface area (Å²) in [5, 5.41) is 3.50. The summed E-state index contributed by atoms with van der Waals surface area (Å²) < 4.78 is 7.22. The molecule has 1 spiro atoms. The zero-order valence-corrected chi connectivity index (χ0v) is 44.8. The average molecular weight is 1020 g/mol. The highest BCUT2D eigenvalue weighted by atomic mass is 16.3. The molecule has 79 heavy (non-hydrogen) atoms. The molecule has 16 rings (SSSR count). The van der Waals surface area contributed by atoms with Gasteiger partial charge in [0.1, 0.15) is 11.5 Å². The molecule has 0 saturated heterocycles. The van der Waals surface area contributed by atoms with Crippen LogP contribution in [0.1, 0.15) is 72.2 Å². The number of nitrogens with one attached hydrogen (secondary N) is 1. The van der Waals surface area contributed by atoms with Gasteiger partial charge in [-0.25, -0.2) is 0 Å². The summed E-state index contributed by atoms with van der Waals surface area (Å²) in [4.78, 5) is 2.48. The second-order valence-corrected chi connectivity index (χ2v) is 22.8. The van der Waals surface area contributed by atoms with Crippen LogP contribution in [0, 0.1) is 5.92 Å². The van der Waals surface area contributed by atoms with Crippen LogP contribution in [-0.2, 0) is 16.2 Å². The van der Waals surface area contributed by atoms with Crippen molar-refractivity contribution in [3.63, 3.8) is 0 Å². The molecule has 0 fully saturated rings. The number of para-hydroxylation sites is 2. The first-order chi connectivity index (χ1) is 38.7. The first kappa shape index (κ1) is 46.8. The van der Waals surface area contributed by atoms with Crippen LogP contribution >= 0.6 is 0 Å². The van der Waals surface area contributed by atoms with Gasteiger partial charge in [-0.1, -0.05) is 240 Å². The maximum Gasteiger partial charge on any atom is 0.142 e. The largest absolute Gasteiger partial charge is 0.455 e. The third-order valence-electron chi connectivity index (χ3n) is 17.8. The fraction of sp³-hybridized carbons (Fsp3) is 0.105. The summed E-state index contributed by atoms with van der Waals surface area (Å²) in [6.07, 6.45) is 5.03. The van der Waals surface area contributed by atoms with Crippen molar-refractivity contribution < 1.29 is 4.42 Å². The van der Waals surface area contributed by atoms with E-state index in [1.807, 2.05) is 6.07 Å². The van der Waals surface area contributed by atoms with Gasteiger partial charge in [0.05, 0.1) is 5.41 Å². The first-order valence-electron chi connectivity index (χ1n) is 27.8. The fourth-order valence-corrected chi connectivity index (χ4v) is 14.3. The molecule has 0 bridgehead atoms.